The summed E-state index contributed by atoms with van der Waals surface area (Å²) in [5.41, 5.74) is 0.590. The molecule has 4 nitrogen and oxygen atoms in total. The van der Waals surface area contributed by atoms with Crippen molar-refractivity contribution in [1.29, 1.82) is 0 Å². The second kappa shape index (κ2) is 9.18. The molecule has 0 radical (unpaired) electrons. The summed E-state index contributed by atoms with van der Waals surface area (Å²) in [6.45, 7) is -3.63. The van der Waals surface area contributed by atoms with Crippen molar-refractivity contribution in [3.63, 3.8) is 0 Å². The third-order valence-electron chi connectivity index (χ3n) is 3.02. The Hall–Kier alpha value is -2.04. The van der Waals surface area contributed by atoms with Crippen LogP contribution in [0.15, 0.2) is 48.5 Å². The summed E-state index contributed by atoms with van der Waals surface area (Å²) < 4.78 is 47.9. The molecule has 0 aliphatic rings. The summed E-state index contributed by atoms with van der Waals surface area (Å²) in [5, 5.41) is 20.9. The Kier molecular flexibility index (Phi) is 4.58. The summed E-state index contributed by atoms with van der Waals surface area (Å²) in [4.78, 5) is 12.3. The lowest BCUT2D eigenvalue weighted by molar-refractivity contribution is 0.0987. The Bertz CT molecular complexity index is 827. The van der Waals surface area contributed by atoms with Gasteiger partial charge in [-0.2, -0.15) is 0 Å². The molecule has 1 unspecified atom stereocenters. The second-order valence-corrected chi connectivity index (χ2v) is 4.72. The van der Waals surface area contributed by atoms with E-state index in [0.29, 0.717) is 5.56 Å². The van der Waals surface area contributed by atoms with E-state index >= 15 is 0 Å². The van der Waals surface area contributed by atoms with Crippen LogP contribution in [0.3, 0.4) is 0 Å². The first kappa shape index (κ1) is 11.5. The maximum absolute atomic E-state index is 12.3. The van der Waals surface area contributed by atoms with Crippen LogP contribution in [0.1, 0.15) is 37.4 Å². The number of nitrogens with one attached hydrogen (secondary N) is 1. The van der Waals surface area contributed by atoms with Gasteiger partial charge in [-0.15, -0.1) is 12.4 Å². The number of Topliss-reactive ketones (excluding diaryl/α,β-unsaturated/α-hetero) is 1. The Balaban J connectivity index is 0.00000420. The molecule has 0 fully saturated rings. The van der Waals surface area contributed by atoms with Crippen LogP contribution in [0.2, 0.25) is 0 Å². The number of rotatable bonds is 7. The van der Waals surface area contributed by atoms with Gasteiger partial charge < -0.3 is 15.5 Å². The number of carbonyl (C=O) groups is 1. The first-order chi connectivity index (χ1) is 12.9. The molecule has 2 aromatic rings. The van der Waals surface area contributed by atoms with Crippen molar-refractivity contribution in [3.8, 4) is 11.5 Å². The third-order valence-corrected chi connectivity index (χ3v) is 3.02. The first-order valence-electron chi connectivity index (χ1n) is 9.71. The van der Waals surface area contributed by atoms with E-state index in [2.05, 4.69) is 5.32 Å². The van der Waals surface area contributed by atoms with E-state index in [1.165, 1.54) is 48.5 Å². The molecule has 0 aromatic heterocycles. The highest BCUT2D eigenvalue weighted by Crippen LogP contribution is 2.12. The highest BCUT2D eigenvalue weighted by atomic mass is 35.5. The number of benzene rings is 2. The number of ketones is 1. The molecule has 0 saturated heterocycles. The second-order valence-electron chi connectivity index (χ2n) is 4.72. The van der Waals surface area contributed by atoms with Crippen LogP contribution in [0.4, 0.5) is 0 Å². The first-order valence-corrected chi connectivity index (χ1v) is 6.71. The van der Waals surface area contributed by atoms with Crippen molar-refractivity contribution < 1.29 is 23.2 Å². The van der Waals surface area contributed by atoms with Crippen molar-refractivity contribution in [2.45, 2.75) is 25.7 Å². The van der Waals surface area contributed by atoms with E-state index in [1.54, 1.807) is 0 Å². The molecule has 5 heteroatoms. The Morgan fingerprint density at radius 2 is 1.74 bits per heavy atom. The fourth-order valence-corrected chi connectivity index (χ4v) is 1.78. The molecule has 2 aromatic carbocycles. The molecule has 124 valence electrons. The van der Waals surface area contributed by atoms with E-state index in [9.17, 15) is 15.0 Å². The van der Waals surface area contributed by atoms with Crippen LogP contribution in [0, 0.1) is 0 Å². The summed E-state index contributed by atoms with van der Waals surface area (Å²) in [5.74, 6) is -0.594. The number of aromatic hydroxyl groups is 2. The van der Waals surface area contributed by atoms with Crippen molar-refractivity contribution in [1.82, 2.24) is 5.32 Å². The molecular formula is C18H22ClNO3. The Morgan fingerprint density at radius 3 is 2.30 bits per heavy atom. The molecule has 0 saturated carbocycles. The summed E-state index contributed by atoms with van der Waals surface area (Å²) in [7, 11) is 0. The molecule has 0 amide bonds. The minimum atomic E-state index is -3.07. The number of carbonyl (C=O) groups excluding carboxylic acids is 1. The van der Waals surface area contributed by atoms with Crippen molar-refractivity contribution in [3.05, 3.63) is 59.7 Å². The maximum Gasteiger partial charge on any atom is 0.176 e. The van der Waals surface area contributed by atoms with Crippen LogP contribution in [-0.2, 0) is 6.42 Å². The number of phenolic OH excluding ortho intramolecular Hbond substituents is 2. The predicted octanol–water partition coefficient (Wildman–Crippen LogP) is 3.31. The zero-order valence-corrected chi connectivity index (χ0v) is 13.1. The molecule has 1 atom stereocenters. The van der Waals surface area contributed by atoms with Gasteiger partial charge in [0.1, 0.15) is 11.5 Å². The van der Waals surface area contributed by atoms with Crippen molar-refractivity contribution in [2.75, 3.05) is 6.54 Å². The number of halogens is 1. The van der Waals surface area contributed by atoms with Gasteiger partial charge in [-0.1, -0.05) is 12.1 Å². The fraction of sp³-hybridized carbons (Fsp3) is 0.278. The standard InChI is InChI=1S/C18H21NO3.ClH/c1-13(2-3-14-4-8-16(20)9-5-14)19-12-18(22)15-6-10-17(21)11-7-15;/h4-11,13,19-21H,2-3,12H2,1H3;1H/i1D3,2D2,13D;. The highest BCUT2D eigenvalue weighted by molar-refractivity contribution is 5.97. The molecule has 0 aliphatic heterocycles. The molecular weight excluding hydrogens is 314 g/mol. The van der Waals surface area contributed by atoms with Gasteiger partial charge in [-0.05, 0) is 61.6 Å². The topological polar surface area (TPSA) is 69.6 Å². The number of phenols is 2. The van der Waals surface area contributed by atoms with Crippen LogP contribution in [0.25, 0.3) is 0 Å². The minimum absolute atomic E-state index is 0. The molecule has 0 bridgehead atoms. The van der Waals surface area contributed by atoms with Gasteiger partial charge in [0, 0.05) is 19.8 Å². The lowest BCUT2D eigenvalue weighted by Crippen LogP contribution is -2.31. The van der Waals surface area contributed by atoms with Gasteiger partial charge in [0.05, 0.1) is 6.54 Å². The highest BCUT2D eigenvalue weighted by Gasteiger charge is 2.08. The normalized spacial score (nSPS) is 17.9. The smallest absolute Gasteiger partial charge is 0.176 e. The van der Waals surface area contributed by atoms with Crippen LogP contribution >= 0.6 is 12.4 Å². The van der Waals surface area contributed by atoms with Gasteiger partial charge in [-0.3, -0.25) is 4.79 Å². The molecule has 0 heterocycles. The predicted molar refractivity (Wildman–Crippen MR) is 93.6 cm³/mol. The van der Waals surface area contributed by atoms with Gasteiger partial charge in [0.25, 0.3) is 0 Å². The lowest BCUT2D eigenvalue weighted by atomic mass is 10.1. The van der Waals surface area contributed by atoms with E-state index in [1.807, 2.05) is 0 Å². The third kappa shape index (κ3) is 6.30. The van der Waals surface area contributed by atoms with E-state index in [0.717, 1.165) is 0 Å². The number of hydrogen-bond acceptors (Lipinski definition) is 4. The molecule has 3 N–H and O–H groups in total. The monoisotopic (exact) mass is 341 g/mol. The Morgan fingerprint density at radius 1 is 1.17 bits per heavy atom. The van der Waals surface area contributed by atoms with Crippen molar-refractivity contribution in [2.24, 2.45) is 0 Å². The van der Waals surface area contributed by atoms with Crippen LogP contribution < -0.4 is 5.32 Å². The quantitative estimate of drug-likeness (QED) is 0.676. The Labute approximate surface area is 151 Å². The van der Waals surface area contributed by atoms with Crippen LogP contribution in [0.5, 0.6) is 11.5 Å². The summed E-state index contributed by atoms with van der Waals surface area (Å²) in [6.07, 6.45) is -2.97. The summed E-state index contributed by atoms with van der Waals surface area (Å²) in [6, 6.07) is 8.11. The molecule has 23 heavy (non-hydrogen) atoms. The van der Waals surface area contributed by atoms with E-state index in [4.69, 9.17) is 8.22 Å². The number of aryl methyl sites for hydroxylation is 1. The molecule has 2 rings (SSSR count). The minimum Gasteiger partial charge on any atom is -0.508 e. The largest absolute Gasteiger partial charge is 0.508 e. The maximum atomic E-state index is 12.3. The van der Waals surface area contributed by atoms with Gasteiger partial charge in [0.2, 0.25) is 0 Å². The van der Waals surface area contributed by atoms with Gasteiger partial charge in [0.15, 0.2) is 5.78 Å². The zero-order valence-electron chi connectivity index (χ0n) is 18.2. The summed E-state index contributed by atoms with van der Waals surface area (Å²) >= 11 is 0. The SMILES string of the molecule is Cl.[2H]C([2H])([2H])C([2H])(NCC(=O)c1ccc(O)cc1)C([2H])([2H])Cc1ccc(O)cc1. The van der Waals surface area contributed by atoms with Gasteiger partial charge >= 0.3 is 0 Å². The molecule has 0 aliphatic carbocycles. The van der Waals surface area contributed by atoms with Crippen LogP contribution in [-0.4, -0.2) is 28.6 Å². The zero-order chi connectivity index (χ0) is 21.2. The van der Waals surface area contributed by atoms with Crippen molar-refractivity contribution >= 4 is 18.2 Å². The molecule has 0 spiro atoms. The average molecular weight is 342 g/mol. The average Bonchev–Trinajstić information content (AvgIpc) is 2.60. The lowest BCUT2D eigenvalue weighted by Gasteiger charge is -2.13. The van der Waals surface area contributed by atoms with E-state index < -0.39 is 38.0 Å². The van der Waals surface area contributed by atoms with Gasteiger partial charge in [-0.25, -0.2) is 0 Å². The van der Waals surface area contributed by atoms with E-state index in [-0.39, 0.29) is 29.5 Å². The number of hydrogen-bond donors (Lipinski definition) is 3. The fourth-order valence-electron chi connectivity index (χ4n) is 1.78.